The van der Waals surface area contributed by atoms with Crippen LogP contribution in [0.5, 0.6) is 0 Å². The van der Waals surface area contributed by atoms with Crippen LogP contribution in [0.4, 0.5) is 4.79 Å². The summed E-state index contributed by atoms with van der Waals surface area (Å²) in [5, 5.41) is 14.4. The molecule has 1 N–H and O–H groups in total. The summed E-state index contributed by atoms with van der Waals surface area (Å²) >= 11 is 5.80. The molecule has 1 amide bonds. The van der Waals surface area contributed by atoms with Crippen molar-refractivity contribution in [2.24, 2.45) is 0 Å². The van der Waals surface area contributed by atoms with Gasteiger partial charge in [0, 0.05) is 5.02 Å². The van der Waals surface area contributed by atoms with Crippen molar-refractivity contribution in [3.8, 4) is 5.69 Å². The Kier molecular flexibility index (Phi) is 3.73. The Bertz CT molecular complexity index is 539. The maximum Gasteiger partial charge on any atom is 0.407 e. The van der Waals surface area contributed by atoms with E-state index in [1.807, 2.05) is 0 Å². The molecule has 1 aromatic heterocycles. The van der Waals surface area contributed by atoms with Crippen LogP contribution in [0.3, 0.4) is 0 Å². The van der Waals surface area contributed by atoms with Crippen LogP contribution in [0.1, 0.15) is 5.82 Å². The quantitative estimate of drug-likeness (QED) is 0.903. The lowest BCUT2D eigenvalue weighted by Crippen LogP contribution is -2.24. The van der Waals surface area contributed by atoms with Crippen molar-refractivity contribution in [1.29, 1.82) is 0 Å². The van der Waals surface area contributed by atoms with Crippen LogP contribution >= 0.6 is 11.6 Å². The SMILES string of the molecule is COC(=O)NCc1nnnn1-c1ccc(Cl)cc1. The molecule has 18 heavy (non-hydrogen) atoms. The molecule has 94 valence electrons. The Balaban J connectivity index is 2.17. The number of halogens is 1. The fraction of sp³-hybridized carbons (Fsp3) is 0.200. The first-order valence-electron chi connectivity index (χ1n) is 5.05. The molecule has 0 bridgehead atoms. The van der Waals surface area contributed by atoms with E-state index in [2.05, 4.69) is 25.6 Å². The molecule has 0 atom stereocenters. The second kappa shape index (κ2) is 5.46. The molecule has 0 spiro atoms. The van der Waals surface area contributed by atoms with Crippen LogP contribution in [0.15, 0.2) is 24.3 Å². The molecule has 0 radical (unpaired) electrons. The third-order valence-electron chi connectivity index (χ3n) is 2.18. The molecule has 7 nitrogen and oxygen atoms in total. The van der Waals surface area contributed by atoms with E-state index in [9.17, 15) is 4.79 Å². The van der Waals surface area contributed by atoms with E-state index in [0.717, 1.165) is 5.69 Å². The summed E-state index contributed by atoms with van der Waals surface area (Å²) in [5.41, 5.74) is 0.756. The lowest BCUT2D eigenvalue weighted by Gasteiger charge is -2.05. The summed E-state index contributed by atoms with van der Waals surface area (Å²) in [6.45, 7) is 0.169. The molecule has 0 unspecified atom stereocenters. The summed E-state index contributed by atoms with van der Waals surface area (Å²) in [4.78, 5) is 11.0. The minimum absolute atomic E-state index is 0.169. The molecule has 2 aromatic rings. The number of carbonyl (C=O) groups is 1. The van der Waals surface area contributed by atoms with Gasteiger partial charge in [-0.25, -0.2) is 4.79 Å². The summed E-state index contributed by atoms with van der Waals surface area (Å²) in [7, 11) is 1.29. The van der Waals surface area contributed by atoms with Gasteiger partial charge in [0.05, 0.1) is 19.3 Å². The lowest BCUT2D eigenvalue weighted by atomic mass is 10.3. The van der Waals surface area contributed by atoms with Gasteiger partial charge >= 0.3 is 6.09 Å². The Hall–Kier alpha value is -2.15. The molecule has 0 aliphatic heterocycles. The van der Waals surface area contributed by atoms with Crippen LogP contribution in [-0.2, 0) is 11.3 Å². The number of aromatic nitrogens is 4. The average Bonchev–Trinajstić information content (AvgIpc) is 2.85. The highest BCUT2D eigenvalue weighted by atomic mass is 35.5. The Morgan fingerprint density at radius 3 is 2.83 bits per heavy atom. The highest BCUT2D eigenvalue weighted by molar-refractivity contribution is 6.30. The van der Waals surface area contributed by atoms with Crippen molar-refractivity contribution in [2.75, 3.05) is 7.11 Å². The summed E-state index contributed by atoms with van der Waals surface area (Å²) < 4.78 is 5.97. The number of hydrogen-bond acceptors (Lipinski definition) is 5. The number of methoxy groups -OCH3 is 1. The smallest absolute Gasteiger partial charge is 0.407 e. The molecule has 0 aliphatic rings. The number of hydrogen-bond donors (Lipinski definition) is 1. The second-order valence-corrected chi connectivity index (χ2v) is 3.76. The van der Waals surface area contributed by atoms with Crippen LogP contribution in [0.25, 0.3) is 5.69 Å². The van der Waals surface area contributed by atoms with Gasteiger partial charge in [0.1, 0.15) is 0 Å². The van der Waals surface area contributed by atoms with E-state index in [-0.39, 0.29) is 6.54 Å². The number of nitrogens with zero attached hydrogens (tertiary/aromatic N) is 4. The van der Waals surface area contributed by atoms with Gasteiger partial charge in [-0.3, -0.25) is 0 Å². The van der Waals surface area contributed by atoms with Gasteiger partial charge in [-0.05, 0) is 34.7 Å². The third kappa shape index (κ3) is 2.75. The predicted octanol–water partition coefficient (Wildman–Crippen LogP) is 1.17. The number of benzene rings is 1. The third-order valence-corrected chi connectivity index (χ3v) is 2.43. The topological polar surface area (TPSA) is 81.9 Å². The molecule has 0 saturated heterocycles. The van der Waals surface area contributed by atoms with Crippen molar-refractivity contribution in [3.63, 3.8) is 0 Å². The van der Waals surface area contributed by atoms with Gasteiger partial charge < -0.3 is 10.1 Å². The van der Waals surface area contributed by atoms with Gasteiger partial charge in [-0.15, -0.1) is 5.10 Å². The van der Waals surface area contributed by atoms with E-state index in [4.69, 9.17) is 11.6 Å². The molecule has 1 heterocycles. The van der Waals surface area contributed by atoms with Gasteiger partial charge in [-0.1, -0.05) is 11.6 Å². The molecule has 2 rings (SSSR count). The molecule has 0 saturated carbocycles. The van der Waals surface area contributed by atoms with Gasteiger partial charge in [0.15, 0.2) is 5.82 Å². The fourth-order valence-electron chi connectivity index (χ4n) is 1.32. The van der Waals surface area contributed by atoms with E-state index < -0.39 is 6.09 Å². The summed E-state index contributed by atoms with van der Waals surface area (Å²) in [5.74, 6) is 0.489. The lowest BCUT2D eigenvalue weighted by molar-refractivity contribution is 0.170. The van der Waals surface area contributed by atoms with Crippen LogP contribution in [0.2, 0.25) is 5.02 Å². The van der Waals surface area contributed by atoms with Crippen molar-refractivity contribution in [3.05, 3.63) is 35.1 Å². The van der Waals surface area contributed by atoms with E-state index in [0.29, 0.717) is 10.8 Å². The molecular formula is C10H10ClN5O2. The standard InChI is InChI=1S/C10H10ClN5O2/c1-18-10(17)12-6-9-13-14-15-16(9)8-4-2-7(11)3-5-8/h2-5H,6H2,1H3,(H,12,17). The molecular weight excluding hydrogens is 258 g/mol. The molecule has 1 aromatic carbocycles. The zero-order valence-electron chi connectivity index (χ0n) is 9.50. The Labute approximate surface area is 108 Å². The maximum atomic E-state index is 11.0. The highest BCUT2D eigenvalue weighted by Gasteiger charge is 2.09. The number of nitrogens with one attached hydrogen (secondary N) is 1. The van der Waals surface area contributed by atoms with Crippen molar-refractivity contribution < 1.29 is 9.53 Å². The monoisotopic (exact) mass is 267 g/mol. The predicted molar refractivity (Wildman–Crippen MR) is 63.4 cm³/mol. The Morgan fingerprint density at radius 2 is 2.17 bits per heavy atom. The van der Waals surface area contributed by atoms with Gasteiger partial charge in [0.25, 0.3) is 0 Å². The van der Waals surface area contributed by atoms with Crippen molar-refractivity contribution in [2.45, 2.75) is 6.54 Å². The Morgan fingerprint density at radius 1 is 1.44 bits per heavy atom. The number of tetrazole rings is 1. The number of carbonyl (C=O) groups excluding carboxylic acids is 1. The summed E-state index contributed by atoms with van der Waals surface area (Å²) in [6, 6.07) is 7.02. The van der Waals surface area contributed by atoms with Gasteiger partial charge in [-0.2, -0.15) is 4.68 Å². The zero-order valence-corrected chi connectivity index (χ0v) is 10.3. The van der Waals surface area contributed by atoms with Crippen LogP contribution in [-0.4, -0.2) is 33.4 Å². The van der Waals surface area contributed by atoms with E-state index in [1.165, 1.54) is 11.8 Å². The molecule has 8 heteroatoms. The van der Waals surface area contributed by atoms with Crippen LogP contribution < -0.4 is 5.32 Å². The highest BCUT2D eigenvalue weighted by Crippen LogP contribution is 2.13. The average molecular weight is 268 g/mol. The molecule has 0 fully saturated rings. The number of alkyl carbamates (subject to hydrolysis) is 1. The number of ether oxygens (including phenoxy) is 1. The number of rotatable bonds is 3. The van der Waals surface area contributed by atoms with E-state index in [1.54, 1.807) is 24.3 Å². The maximum absolute atomic E-state index is 11.0. The van der Waals surface area contributed by atoms with E-state index >= 15 is 0 Å². The largest absolute Gasteiger partial charge is 0.453 e. The fourth-order valence-corrected chi connectivity index (χ4v) is 1.45. The first-order chi connectivity index (χ1) is 8.70. The first kappa shape index (κ1) is 12.3. The van der Waals surface area contributed by atoms with Crippen LogP contribution in [0, 0.1) is 0 Å². The normalized spacial score (nSPS) is 10.1. The minimum Gasteiger partial charge on any atom is -0.453 e. The minimum atomic E-state index is -0.541. The zero-order chi connectivity index (χ0) is 13.0. The first-order valence-corrected chi connectivity index (χ1v) is 5.43. The van der Waals surface area contributed by atoms with Gasteiger partial charge in [0.2, 0.25) is 0 Å². The second-order valence-electron chi connectivity index (χ2n) is 3.33. The number of amides is 1. The summed E-state index contributed by atoms with van der Waals surface area (Å²) in [6.07, 6.45) is -0.541. The molecule has 0 aliphatic carbocycles. The van der Waals surface area contributed by atoms with Crippen molar-refractivity contribution >= 4 is 17.7 Å². The van der Waals surface area contributed by atoms with Crippen molar-refractivity contribution in [1.82, 2.24) is 25.5 Å².